The minimum absolute atomic E-state index is 0.00167. The molecule has 2 aliphatic heterocycles. The number of pyridine rings is 1. The molecule has 1 fully saturated rings. The lowest BCUT2D eigenvalue weighted by Crippen LogP contribution is -2.55. The van der Waals surface area contributed by atoms with Crippen LogP contribution in [0.15, 0.2) is 71.7 Å². The smallest absolute Gasteiger partial charge is 0.258 e. The van der Waals surface area contributed by atoms with Gasteiger partial charge in [-0.25, -0.2) is 0 Å². The SMILES string of the molecule is COc1cc2c(cc1N1CC(C)N(C)C(C)C1)N(C(=O)c1ccc(-c3ccc(=O)n(C)c3)c3ccccc13)CC2. The van der Waals surface area contributed by atoms with Gasteiger partial charge in [-0.1, -0.05) is 30.3 Å². The predicted molar refractivity (Wildman–Crippen MR) is 162 cm³/mol. The number of ether oxygens (including phenoxy) is 1. The first kappa shape index (κ1) is 26.1. The summed E-state index contributed by atoms with van der Waals surface area (Å²) in [6.45, 7) is 6.94. The topological polar surface area (TPSA) is 58.0 Å². The van der Waals surface area contributed by atoms with Crippen LogP contribution < -0.4 is 20.1 Å². The monoisotopic (exact) mass is 536 g/mol. The summed E-state index contributed by atoms with van der Waals surface area (Å²) in [5.74, 6) is 0.863. The van der Waals surface area contributed by atoms with Crippen molar-refractivity contribution in [1.82, 2.24) is 9.47 Å². The minimum Gasteiger partial charge on any atom is -0.495 e. The average Bonchev–Trinajstić information content (AvgIpc) is 3.38. The molecule has 6 rings (SSSR count). The molecule has 0 bridgehead atoms. The van der Waals surface area contributed by atoms with Crippen LogP contribution in [0, 0.1) is 0 Å². The Morgan fingerprint density at radius 1 is 0.900 bits per heavy atom. The van der Waals surface area contributed by atoms with Gasteiger partial charge in [-0.2, -0.15) is 0 Å². The molecule has 0 aliphatic carbocycles. The number of fused-ring (bicyclic) bond motifs is 2. The van der Waals surface area contributed by atoms with E-state index >= 15 is 0 Å². The van der Waals surface area contributed by atoms with Crippen molar-refractivity contribution in [3.8, 4) is 16.9 Å². The third-order valence-corrected chi connectivity index (χ3v) is 8.77. The molecule has 2 aliphatic rings. The molecule has 2 atom stereocenters. The van der Waals surface area contributed by atoms with E-state index in [1.807, 2.05) is 53.6 Å². The van der Waals surface area contributed by atoms with Gasteiger partial charge in [-0.3, -0.25) is 14.5 Å². The molecule has 1 aromatic heterocycles. The van der Waals surface area contributed by atoms with E-state index in [-0.39, 0.29) is 11.5 Å². The molecule has 4 aromatic rings. The first-order chi connectivity index (χ1) is 19.3. The number of piperazine rings is 1. The molecule has 7 heteroatoms. The number of hydrogen-bond donors (Lipinski definition) is 0. The third kappa shape index (κ3) is 4.34. The lowest BCUT2D eigenvalue weighted by molar-refractivity contribution is 0.0991. The summed E-state index contributed by atoms with van der Waals surface area (Å²) >= 11 is 0. The van der Waals surface area contributed by atoms with Crippen LogP contribution in [0.25, 0.3) is 21.9 Å². The number of rotatable bonds is 4. The number of likely N-dealkylation sites (N-methyl/N-ethyl adjacent to an activating group) is 1. The van der Waals surface area contributed by atoms with E-state index in [2.05, 4.69) is 42.8 Å². The molecule has 3 aromatic carbocycles. The Morgan fingerprint density at radius 3 is 2.33 bits per heavy atom. The second-order valence-electron chi connectivity index (χ2n) is 11.2. The number of anilines is 2. The van der Waals surface area contributed by atoms with Crippen LogP contribution in [0.1, 0.15) is 29.8 Å². The highest BCUT2D eigenvalue weighted by molar-refractivity contribution is 6.17. The standard InChI is InChI=1S/C33H36N4O3/c1-21-18-36(19-22(2)35(21)4)30-17-29-23(16-31(30)40-5)14-15-37(29)33(39)28-12-11-25(26-8-6-7-9-27(26)28)24-10-13-32(38)34(3)20-24/h6-13,16-17,20-22H,14-15,18-19H2,1-5H3. The maximum absolute atomic E-state index is 14.2. The third-order valence-electron chi connectivity index (χ3n) is 8.77. The van der Waals surface area contributed by atoms with E-state index < -0.39 is 0 Å². The van der Waals surface area contributed by atoms with Gasteiger partial charge < -0.3 is 19.1 Å². The van der Waals surface area contributed by atoms with Crippen LogP contribution in [-0.4, -0.2) is 61.2 Å². The zero-order valence-corrected chi connectivity index (χ0v) is 23.8. The first-order valence-electron chi connectivity index (χ1n) is 13.9. The summed E-state index contributed by atoms with van der Waals surface area (Å²) in [7, 11) is 5.66. The number of nitrogens with zero attached hydrogens (tertiary/aromatic N) is 4. The summed E-state index contributed by atoms with van der Waals surface area (Å²) in [6, 6.07) is 20.5. The maximum Gasteiger partial charge on any atom is 0.258 e. The Hall–Kier alpha value is -4.10. The van der Waals surface area contributed by atoms with E-state index in [0.29, 0.717) is 24.2 Å². The Balaban J connectivity index is 1.40. The van der Waals surface area contributed by atoms with E-state index in [1.165, 1.54) is 0 Å². The van der Waals surface area contributed by atoms with Crippen molar-refractivity contribution in [1.29, 1.82) is 0 Å². The second-order valence-corrected chi connectivity index (χ2v) is 11.2. The lowest BCUT2D eigenvalue weighted by atomic mass is 9.95. The zero-order chi connectivity index (χ0) is 28.1. The number of amides is 1. The summed E-state index contributed by atoms with van der Waals surface area (Å²) in [5.41, 5.74) is 5.70. The second kappa shape index (κ2) is 10.1. The van der Waals surface area contributed by atoms with Gasteiger partial charge in [-0.15, -0.1) is 0 Å². The van der Waals surface area contributed by atoms with Gasteiger partial charge in [0.1, 0.15) is 5.75 Å². The van der Waals surface area contributed by atoms with Crippen LogP contribution in [-0.2, 0) is 13.5 Å². The van der Waals surface area contributed by atoms with Gasteiger partial charge >= 0.3 is 0 Å². The molecule has 3 heterocycles. The highest BCUT2D eigenvalue weighted by atomic mass is 16.5. The average molecular weight is 537 g/mol. The van der Waals surface area contributed by atoms with Crippen LogP contribution in [0.4, 0.5) is 11.4 Å². The molecule has 206 valence electrons. The zero-order valence-electron chi connectivity index (χ0n) is 23.8. The summed E-state index contributed by atoms with van der Waals surface area (Å²) in [4.78, 5) is 32.9. The molecule has 0 N–H and O–H groups in total. The van der Waals surface area contributed by atoms with E-state index in [1.54, 1.807) is 24.8 Å². The van der Waals surface area contributed by atoms with Crippen molar-refractivity contribution < 1.29 is 9.53 Å². The Bertz CT molecular complexity index is 1660. The lowest BCUT2D eigenvalue weighted by Gasteiger charge is -2.44. The molecule has 1 amide bonds. The molecular weight excluding hydrogens is 500 g/mol. The number of carbonyl (C=O) groups excluding carboxylic acids is 1. The molecule has 0 saturated carbocycles. The number of methoxy groups -OCH3 is 1. The van der Waals surface area contributed by atoms with E-state index in [9.17, 15) is 9.59 Å². The number of benzene rings is 3. The highest BCUT2D eigenvalue weighted by Crippen LogP contribution is 2.41. The van der Waals surface area contributed by atoms with Gasteiger partial charge in [-0.05, 0) is 79.0 Å². The summed E-state index contributed by atoms with van der Waals surface area (Å²) in [6.07, 6.45) is 2.64. The summed E-state index contributed by atoms with van der Waals surface area (Å²) < 4.78 is 7.43. The number of aryl methyl sites for hydroxylation is 1. The fraction of sp³-hybridized carbons (Fsp3) is 0.333. The Labute approximate surface area is 235 Å². The van der Waals surface area contributed by atoms with Gasteiger partial charge in [0.05, 0.1) is 12.8 Å². The maximum atomic E-state index is 14.2. The van der Waals surface area contributed by atoms with Crippen molar-refractivity contribution in [2.45, 2.75) is 32.4 Å². The molecular formula is C33H36N4O3. The number of aromatic nitrogens is 1. The summed E-state index contributed by atoms with van der Waals surface area (Å²) in [5, 5.41) is 1.89. The molecule has 0 radical (unpaired) electrons. The van der Waals surface area contributed by atoms with Crippen LogP contribution in [0.3, 0.4) is 0 Å². The van der Waals surface area contributed by atoms with Gasteiger partial charge in [0, 0.05) is 62.3 Å². The largest absolute Gasteiger partial charge is 0.495 e. The fourth-order valence-corrected chi connectivity index (χ4v) is 6.26. The molecule has 0 spiro atoms. The first-order valence-corrected chi connectivity index (χ1v) is 13.9. The van der Waals surface area contributed by atoms with E-state index in [0.717, 1.165) is 64.1 Å². The van der Waals surface area contributed by atoms with Crippen molar-refractivity contribution in [2.75, 3.05) is 43.6 Å². The van der Waals surface area contributed by atoms with Crippen molar-refractivity contribution in [3.05, 3.63) is 88.3 Å². The van der Waals surface area contributed by atoms with Crippen molar-refractivity contribution in [3.63, 3.8) is 0 Å². The molecule has 7 nitrogen and oxygen atoms in total. The molecule has 2 unspecified atom stereocenters. The number of hydrogen-bond acceptors (Lipinski definition) is 5. The van der Waals surface area contributed by atoms with Gasteiger partial charge in [0.2, 0.25) is 5.56 Å². The Morgan fingerprint density at radius 2 is 1.62 bits per heavy atom. The van der Waals surface area contributed by atoms with E-state index in [4.69, 9.17) is 4.74 Å². The molecule has 1 saturated heterocycles. The van der Waals surface area contributed by atoms with Crippen LogP contribution >= 0.6 is 0 Å². The highest BCUT2D eigenvalue weighted by Gasteiger charge is 2.32. The van der Waals surface area contributed by atoms with Crippen molar-refractivity contribution >= 4 is 28.1 Å². The Kier molecular flexibility index (Phi) is 6.62. The fourth-order valence-electron chi connectivity index (χ4n) is 6.26. The van der Waals surface area contributed by atoms with Gasteiger partial charge in [0.15, 0.2) is 0 Å². The van der Waals surface area contributed by atoms with Crippen LogP contribution in [0.2, 0.25) is 0 Å². The predicted octanol–water partition coefficient (Wildman–Crippen LogP) is 4.95. The van der Waals surface area contributed by atoms with Gasteiger partial charge in [0.25, 0.3) is 5.91 Å². The minimum atomic E-state index is -0.0518. The van der Waals surface area contributed by atoms with Crippen molar-refractivity contribution in [2.24, 2.45) is 7.05 Å². The number of carbonyl (C=O) groups is 1. The molecule has 40 heavy (non-hydrogen) atoms. The quantitative estimate of drug-likeness (QED) is 0.370. The van der Waals surface area contributed by atoms with Crippen LogP contribution in [0.5, 0.6) is 5.75 Å². The normalized spacial score (nSPS) is 19.2.